The van der Waals surface area contributed by atoms with Gasteiger partial charge in [-0.05, 0) is 0 Å². The molecule has 6 nitrogen and oxygen atoms in total. The molecule has 100 valence electrons. The summed E-state index contributed by atoms with van der Waals surface area (Å²) in [6, 6.07) is 0. The number of hydrogen-bond acceptors (Lipinski definition) is 6. The lowest BCUT2D eigenvalue weighted by Gasteiger charge is -2.26. The highest BCUT2D eigenvalue weighted by molar-refractivity contribution is 5.65. The molecule has 1 aliphatic heterocycles. The topological polar surface area (TPSA) is 63.2 Å². The van der Waals surface area contributed by atoms with Crippen LogP contribution >= 0.6 is 0 Å². The van der Waals surface area contributed by atoms with Gasteiger partial charge in [0.05, 0.1) is 6.61 Å². The maximum atomic E-state index is 10.8. The summed E-state index contributed by atoms with van der Waals surface area (Å²) < 4.78 is 26.4. The lowest BCUT2D eigenvalue weighted by Crippen LogP contribution is -2.43. The van der Waals surface area contributed by atoms with Crippen LogP contribution < -0.4 is 0 Å². The van der Waals surface area contributed by atoms with E-state index in [0.717, 1.165) is 0 Å². The van der Waals surface area contributed by atoms with Gasteiger partial charge < -0.3 is 23.7 Å². The summed E-state index contributed by atoms with van der Waals surface area (Å²) in [5.74, 6) is -0.345. The number of carbonyl (C=O) groups is 1. The van der Waals surface area contributed by atoms with Crippen LogP contribution in [0.2, 0.25) is 0 Å². The van der Waals surface area contributed by atoms with Crippen molar-refractivity contribution in [3.05, 3.63) is 0 Å². The first-order chi connectivity index (χ1) is 8.13. The van der Waals surface area contributed by atoms with Crippen LogP contribution in [0.25, 0.3) is 0 Å². The van der Waals surface area contributed by atoms with Gasteiger partial charge in [0, 0.05) is 28.3 Å². The zero-order chi connectivity index (χ0) is 12.8. The number of methoxy groups -OCH3 is 3. The average Bonchev–Trinajstić information content (AvgIpc) is 2.72. The summed E-state index contributed by atoms with van der Waals surface area (Å²) in [4.78, 5) is 10.8. The van der Waals surface area contributed by atoms with Crippen molar-refractivity contribution in [2.24, 2.45) is 0 Å². The molecule has 0 bridgehead atoms. The van der Waals surface area contributed by atoms with Crippen molar-refractivity contribution in [3.63, 3.8) is 0 Å². The standard InChI is InChI=1S/C11H20O6/c1-7(12)16-5-9(14-3)11-10(15-4)8(13-2)6-17-11/h8-11H,5-6H2,1-4H3/t8-,9+,10+,11+/m0/s1. The number of carbonyl (C=O) groups excluding carboxylic acids is 1. The predicted octanol–water partition coefficient (Wildman–Crippen LogP) is -0.00670. The Hall–Kier alpha value is -0.690. The fraction of sp³-hybridized carbons (Fsp3) is 0.909. The summed E-state index contributed by atoms with van der Waals surface area (Å²) in [6.07, 6.45) is -1.00. The van der Waals surface area contributed by atoms with Crippen molar-refractivity contribution in [1.29, 1.82) is 0 Å². The van der Waals surface area contributed by atoms with Crippen molar-refractivity contribution in [3.8, 4) is 0 Å². The SMILES string of the molecule is CO[C@H]1[C@@H]([C@@H](COC(C)=O)OC)OC[C@@H]1OC. The minimum Gasteiger partial charge on any atom is -0.463 e. The lowest BCUT2D eigenvalue weighted by molar-refractivity contribution is -0.151. The number of rotatable bonds is 6. The molecule has 1 heterocycles. The largest absolute Gasteiger partial charge is 0.463 e. The third-order valence-electron chi connectivity index (χ3n) is 2.84. The summed E-state index contributed by atoms with van der Waals surface area (Å²) in [5, 5.41) is 0. The molecular formula is C11H20O6. The first-order valence-electron chi connectivity index (χ1n) is 5.47. The van der Waals surface area contributed by atoms with Gasteiger partial charge in [-0.2, -0.15) is 0 Å². The fourth-order valence-corrected chi connectivity index (χ4v) is 1.91. The Balaban J connectivity index is 2.58. The molecule has 0 aromatic rings. The Bertz CT molecular complexity index is 244. The number of ether oxygens (including phenoxy) is 5. The Labute approximate surface area is 101 Å². The number of esters is 1. The Kier molecular flexibility index (Phi) is 5.84. The van der Waals surface area contributed by atoms with Gasteiger partial charge in [0.25, 0.3) is 0 Å². The maximum absolute atomic E-state index is 10.8. The highest BCUT2D eigenvalue weighted by Gasteiger charge is 2.42. The van der Waals surface area contributed by atoms with E-state index in [9.17, 15) is 4.79 Å². The van der Waals surface area contributed by atoms with E-state index >= 15 is 0 Å². The molecule has 0 amide bonds. The molecule has 1 rings (SSSR count). The van der Waals surface area contributed by atoms with Crippen molar-refractivity contribution in [1.82, 2.24) is 0 Å². The monoisotopic (exact) mass is 248 g/mol. The second-order valence-corrected chi connectivity index (χ2v) is 3.85. The van der Waals surface area contributed by atoms with E-state index in [4.69, 9.17) is 23.7 Å². The molecule has 4 atom stereocenters. The van der Waals surface area contributed by atoms with E-state index in [1.54, 1.807) is 21.3 Å². The van der Waals surface area contributed by atoms with E-state index in [2.05, 4.69) is 0 Å². The van der Waals surface area contributed by atoms with Crippen LogP contribution in [0.4, 0.5) is 0 Å². The summed E-state index contributed by atoms with van der Waals surface area (Å²) in [6.45, 7) is 1.94. The van der Waals surface area contributed by atoms with Gasteiger partial charge >= 0.3 is 5.97 Å². The molecule has 0 aromatic heterocycles. The third kappa shape index (κ3) is 3.64. The van der Waals surface area contributed by atoms with Crippen LogP contribution in [0.3, 0.4) is 0 Å². The van der Waals surface area contributed by atoms with Gasteiger partial charge in [0.15, 0.2) is 0 Å². The lowest BCUT2D eigenvalue weighted by atomic mass is 10.1. The van der Waals surface area contributed by atoms with Crippen LogP contribution in [-0.4, -0.2) is 64.9 Å². The number of hydrogen-bond donors (Lipinski definition) is 0. The van der Waals surface area contributed by atoms with Crippen LogP contribution in [0.15, 0.2) is 0 Å². The second kappa shape index (κ2) is 6.90. The van der Waals surface area contributed by atoms with E-state index in [0.29, 0.717) is 6.61 Å². The maximum Gasteiger partial charge on any atom is 0.302 e. The summed E-state index contributed by atoms with van der Waals surface area (Å²) in [7, 11) is 4.75. The van der Waals surface area contributed by atoms with E-state index in [1.165, 1.54) is 6.92 Å². The molecule has 17 heavy (non-hydrogen) atoms. The van der Waals surface area contributed by atoms with Crippen LogP contribution in [0.1, 0.15) is 6.92 Å². The highest BCUT2D eigenvalue weighted by atomic mass is 16.6. The highest BCUT2D eigenvalue weighted by Crippen LogP contribution is 2.23. The molecule has 1 fully saturated rings. The Morgan fingerprint density at radius 1 is 1.35 bits per heavy atom. The molecule has 0 aromatic carbocycles. The normalized spacial score (nSPS) is 30.2. The summed E-state index contributed by atoms with van der Waals surface area (Å²) in [5.41, 5.74) is 0. The molecule has 0 saturated carbocycles. The predicted molar refractivity (Wildman–Crippen MR) is 58.8 cm³/mol. The first-order valence-corrected chi connectivity index (χ1v) is 5.47. The van der Waals surface area contributed by atoms with Crippen molar-refractivity contribution in [2.75, 3.05) is 34.5 Å². The van der Waals surface area contributed by atoms with Crippen molar-refractivity contribution in [2.45, 2.75) is 31.3 Å². The molecule has 6 heteroatoms. The minimum absolute atomic E-state index is 0.125. The molecule has 0 N–H and O–H groups in total. The van der Waals surface area contributed by atoms with Gasteiger partial charge in [-0.1, -0.05) is 0 Å². The zero-order valence-corrected chi connectivity index (χ0v) is 10.7. The molecule has 1 saturated heterocycles. The third-order valence-corrected chi connectivity index (χ3v) is 2.84. The smallest absolute Gasteiger partial charge is 0.302 e. The molecule has 0 aliphatic carbocycles. The zero-order valence-electron chi connectivity index (χ0n) is 10.7. The van der Waals surface area contributed by atoms with Crippen molar-refractivity contribution >= 4 is 5.97 Å². The molecule has 0 spiro atoms. The van der Waals surface area contributed by atoms with Gasteiger partial charge in [-0.25, -0.2) is 0 Å². The van der Waals surface area contributed by atoms with Gasteiger partial charge in [0.2, 0.25) is 0 Å². The first kappa shape index (κ1) is 14.4. The molecular weight excluding hydrogens is 228 g/mol. The molecule has 0 unspecified atom stereocenters. The minimum atomic E-state index is -0.357. The molecule has 1 aliphatic rings. The van der Waals surface area contributed by atoms with Gasteiger partial charge in [0.1, 0.15) is 31.0 Å². The quantitative estimate of drug-likeness (QED) is 0.616. The van der Waals surface area contributed by atoms with Gasteiger partial charge in [-0.15, -0.1) is 0 Å². The van der Waals surface area contributed by atoms with Crippen molar-refractivity contribution < 1.29 is 28.5 Å². The molecule has 0 radical (unpaired) electrons. The van der Waals surface area contributed by atoms with Crippen LogP contribution in [0.5, 0.6) is 0 Å². The second-order valence-electron chi connectivity index (χ2n) is 3.85. The fourth-order valence-electron chi connectivity index (χ4n) is 1.91. The van der Waals surface area contributed by atoms with E-state index < -0.39 is 0 Å². The van der Waals surface area contributed by atoms with E-state index in [1.807, 2.05) is 0 Å². The van der Waals surface area contributed by atoms with Crippen LogP contribution in [-0.2, 0) is 28.5 Å². The van der Waals surface area contributed by atoms with Gasteiger partial charge in [-0.3, -0.25) is 4.79 Å². The Morgan fingerprint density at radius 2 is 2.06 bits per heavy atom. The van der Waals surface area contributed by atoms with E-state index in [-0.39, 0.29) is 37.0 Å². The Morgan fingerprint density at radius 3 is 2.53 bits per heavy atom. The summed E-state index contributed by atoms with van der Waals surface area (Å²) >= 11 is 0. The van der Waals surface area contributed by atoms with Crippen LogP contribution in [0, 0.1) is 0 Å². The average molecular weight is 248 g/mol.